The molecule has 0 spiro atoms. The first kappa shape index (κ1) is 13.9. The molecule has 0 aromatic heterocycles. The van der Waals surface area contributed by atoms with Crippen LogP contribution in [-0.2, 0) is 11.2 Å². The average molecular weight is 262 g/mol. The minimum atomic E-state index is -0.116. The zero-order valence-electron chi connectivity index (χ0n) is 11.8. The van der Waals surface area contributed by atoms with Crippen molar-refractivity contribution in [2.75, 3.05) is 20.6 Å². The van der Waals surface area contributed by atoms with E-state index in [1.807, 2.05) is 12.1 Å². The summed E-state index contributed by atoms with van der Waals surface area (Å²) in [6, 6.07) is 8.03. The van der Waals surface area contributed by atoms with Crippen LogP contribution in [0.1, 0.15) is 18.9 Å². The number of nitrogens with one attached hydrogen (secondary N) is 1. The van der Waals surface area contributed by atoms with E-state index in [1.165, 1.54) is 5.56 Å². The molecule has 1 N–H and O–H groups in total. The fourth-order valence-electron chi connectivity index (χ4n) is 2.32. The quantitative estimate of drug-likeness (QED) is 0.893. The fraction of sp³-hybridized carbons (Fsp3) is 0.533. The van der Waals surface area contributed by atoms with Gasteiger partial charge in [0.2, 0.25) is 5.91 Å². The van der Waals surface area contributed by atoms with Crippen LogP contribution in [0.5, 0.6) is 5.75 Å². The van der Waals surface area contributed by atoms with E-state index in [4.69, 9.17) is 4.74 Å². The first-order chi connectivity index (χ1) is 9.10. The third-order valence-electron chi connectivity index (χ3n) is 3.44. The van der Waals surface area contributed by atoms with Gasteiger partial charge < -0.3 is 15.0 Å². The van der Waals surface area contributed by atoms with E-state index in [-0.39, 0.29) is 18.1 Å². The predicted octanol–water partition coefficient (Wildman–Crippen LogP) is 1.45. The number of ether oxygens (including phenoxy) is 1. The lowest BCUT2D eigenvalue weighted by atomic mass is 10.1. The van der Waals surface area contributed by atoms with Crippen molar-refractivity contribution in [1.82, 2.24) is 10.2 Å². The van der Waals surface area contributed by atoms with Crippen LogP contribution in [0.3, 0.4) is 0 Å². The largest absolute Gasteiger partial charge is 0.489 e. The molecular formula is C15H22N2O2. The molecule has 4 nitrogen and oxygen atoms in total. The number of aryl methyl sites for hydroxylation is 1. The molecular weight excluding hydrogens is 240 g/mol. The van der Waals surface area contributed by atoms with Gasteiger partial charge in [-0.05, 0) is 24.1 Å². The molecule has 2 rings (SSSR count). The molecule has 1 heterocycles. The maximum Gasteiger partial charge on any atom is 0.239 e. The van der Waals surface area contributed by atoms with E-state index >= 15 is 0 Å². The molecule has 1 aliphatic heterocycles. The Bertz CT molecular complexity index is 446. The molecule has 0 radical (unpaired) electrons. The van der Waals surface area contributed by atoms with Gasteiger partial charge in [0.1, 0.15) is 11.9 Å². The molecule has 2 atom stereocenters. The van der Waals surface area contributed by atoms with Gasteiger partial charge in [-0.3, -0.25) is 4.79 Å². The number of hydrogen-bond donors (Lipinski definition) is 1. The molecule has 1 aromatic rings. The summed E-state index contributed by atoms with van der Waals surface area (Å²) in [5, 5.41) is 3.22. The lowest BCUT2D eigenvalue weighted by molar-refractivity contribution is -0.130. The highest BCUT2D eigenvalue weighted by Gasteiger charge is 2.31. The second-order valence-electron chi connectivity index (χ2n) is 5.17. The third-order valence-corrected chi connectivity index (χ3v) is 3.44. The van der Waals surface area contributed by atoms with Crippen LogP contribution in [0.25, 0.3) is 0 Å². The van der Waals surface area contributed by atoms with E-state index < -0.39 is 0 Å². The van der Waals surface area contributed by atoms with Crippen LogP contribution < -0.4 is 10.1 Å². The van der Waals surface area contributed by atoms with Gasteiger partial charge in [0, 0.05) is 27.1 Å². The molecule has 1 amide bonds. The minimum absolute atomic E-state index is 0.0704. The number of carbonyl (C=O) groups is 1. The number of hydrogen-bond acceptors (Lipinski definition) is 3. The standard InChI is InChI=1S/C15H22N2O2/c1-4-11-6-5-7-12(8-11)19-13-9-14(16-10-13)15(18)17(2)3/h5-8,13-14,16H,4,9-10H2,1-3H3. The Morgan fingerprint density at radius 1 is 1.47 bits per heavy atom. The third kappa shape index (κ3) is 3.47. The number of likely N-dealkylation sites (N-methyl/N-ethyl adjacent to an activating group) is 1. The van der Waals surface area contributed by atoms with E-state index in [9.17, 15) is 4.79 Å². The molecule has 1 aliphatic rings. The van der Waals surface area contributed by atoms with Crippen LogP contribution in [-0.4, -0.2) is 43.6 Å². The first-order valence-corrected chi connectivity index (χ1v) is 6.80. The van der Waals surface area contributed by atoms with Crippen molar-refractivity contribution >= 4 is 5.91 Å². The van der Waals surface area contributed by atoms with E-state index in [0.717, 1.165) is 25.1 Å². The molecule has 104 valence electrons. The molecule has 1 saturated heterocycles. The van der Waals surface area contributed by atoms with Gasteiger partial charge in [-0.2, -0.15) is 0 Å². The lowest BCUT2D eigenvalue weighted by Gasteiger charge is -2.16. The lowest BCUT2D eigenvalue weighted by Crippen LogP contribution is -2.39. The Kier molecular flexibility index (Phi) is 4.43. The van der Waals surface area contributed by atoms with Crippen molar-refractivity contribution in [1.29, 1.82) is 0 Å². The van der Waals surface area contributed by atoms with E-state index in [1.54, 1.807) is 19.0 Å². The van der Waals surface area contributed by atoms with Crippen molar-refractivity contribution < 1.29 is 9.53 Å². The highest BCUT2D eigenvalue weighted by atomic mass is 16.5. The summed E-state index contributed by atoms with van der Waals surface area (Å²) in [6.07, 6.45) is 1.80. The molecule has 1 fully saturated rings. The maximum atomic E-state index is 11.9. The van der Waals surface area contributed by atoms with E-state index in [2.05, 4.69) is 24.4 Å². The van der Waals surface area contributed by atoms with Crippen molar-refractivity contribution in [2.24, 2.45) is 0 Å². The Labute approximate surface area is 114 Å². The summed E-state index contributed by atoms with van der Waals surface area (Å²) in [7, 11) is 3.56. The second-order valence-corrected chi connectivity index (χ2v) is 5.17. The van der Waals surface area contributed by atoms with E-state index in [0.29, 0.717) is 0 Å². The van der Waals surface area contributed by atoms with Gasteiger partial charge >= 0.3 is 0 Å². The van der Waals surface area contributed by atoms with Gasteiger partial charge in [0.05, 0.1) is 6.04 Å². The van der Waals surface area contributed by atoms with Gasteiger partial charge in [0.25, 0.3) is 0 Å². The maximum absolute atomic E-state index is 11.9. The van der Waals surface area contributed by atoms with Crippen molar-refractivity contribution in [2.45, 2.75) is 31.9 Å². The molecule has 1 aromatic carbocycles. The van der Waals surface area contributed by atoms with Crippen molar-refractivity contribution in [3.05, 3.63) is 29.8 Å². The van der Waals surface area contributed by atoms with Gasteiger partial charge in [0.15, 0.2) is 0 Å². The van der Waals surface area contributed by atoms with Gasteiger partial charge in [-0.25, -0.2) is 0 Å². The summed E-state index contributed by atoms with van der Waals surface area (Å²) in [6.45, 7) is 2.85. The molecule has 0 bridgehead atoms. The summed E-state index contributed by atoms with van der Waals surface area (Å²) >= 11 is 0. The molecule has 0 aliphatic carbocycles. The number of rotatable bonds is 4. The zero-order chi connectivity index (χ0) is 13.8. The van der Waals surface area contributed by atoms with Crippen molar-refractivity contribution in [3.63, 3.8) is 0 Å². The second kappa shape index (κ2) is 6.06. The van der Waals surface area contributed by atoms with Crippen molar-refractivity contribution in [3.8, 4) is 5.75 Å². The summed E-state index contributed by atoms with van der Waals surface area (Å²) < 4.78 is 5.94. The number of amides is 1. The minimum Gasteiger partial charge on any atom is -0.489 e. The highest BCUT2D eigenvalue weighted by molar-refractivity contribution is 5.81. The highest BCUT2D eigenvalue weighted by Crippen LogP contribution is 2.19. The van der Waals surface area contributed by atoms with Crippen LogP contribution in [0.2, 0.25) is 0 Å². The van der Waals surface area contributed by atoms with Crippen LogP contribution in [0.4, 0.5) is 0 Å². The normalized spacial score (nSPS) is 22.3. The van der Waals surface area contributed by atoms with Crippen LogP contribution in [0, 0.1) is 0 Å². The molecule has 2 unspecified atom stereocenters. The number of benzene rings is 1. The smallest absolute Gasteiger partial charge is 0.239 e. The average Bonchev–Trinajstić information content (AvgIpc) is 2.86. The Morgan fingerprint density at radius 3 is 2.95 bits per heavy atom. The summed E-state index contributed by atoms with van der Waals surface area (Å²) in [4.78, 5) is 13.5. The number of nitrogens with zero attached hydrogens (tertiary/aromatic N) is 1. The SMILES string of the molecule is CCc1cccc(OC2CNC(C(=O)N(C)C)C2)c1. The number of carbonyl (C=O) groups excluding carboxylic acids is 1. The predicted molar refractivity (Wildman–Crippen MR) is 75.3 cm³/mol. The zero-order valence-corrected chi connectivity index (χ0v) is 11.8. The molecule has 19 heavy (non-hydrogen) atoms. The Hall–Kier alpha value is -1.55. The van der Waals surface area contributed by atoms with Crippen LogP contribution in [0.15, 0.2) is 24.3 Å². The fourth-order valence-corrected chi connectivity index (χ4v) is 2.32. The Morgan fingerprint density at radius 2 is 2.26 bits per heavy atom. The van der Waals surface area contributed by atoms with Crippen LogP contribution >= 0.6 is 0 Å². The van der Waals surface area contributed by atoms with Gasteiger partial charge in [-0.1, -0.05) is 19.1 Å². The summed E-state index contributed by atoms with van der Waals surface area (Å²) in [5.74, 6) is 1.01. The van der Waals surface area contributed by atoms with Gasteiger partial charge in [-0.15, -0.1) is 0 Å². The molecule has 4 heteroatoms. The monoisotopic (exact) mass is 262 g/mol. The Balaban J connectivity index is 1.93. The molecule has 0 saturated carbocycles. The summed E-state index contributed by atoms with van der Waals surface area (Å²) in [5.41, 5.74) is 1.27. The first-order valence-electron chi connectivity index (χ1n) is 6.80. The topological polar surface area (TPSA) is 41.6 Å².